The monoisotopic (exact) mass is 263 g/mol. The predicted molar refractivity (Wildman–Crippen MR) is 61.3 cm³/mol. The average Bonchev–Trinajstić information content (AvgIpc) is 2.65. The van der Waals surface area contributed by atoms with Crippen molar-refractivity contribution < 1.29 is 23.5 Å². The molecule has 2 atom stereocenters. The van der Waals surface area contributed by atoms with Crippen molar-refractivity contribution >= 4 is 11.9 Å². The highest BCUT2D eigenvalue weighted by Crippen LogP contribution is 2.38. The number of alkyl halides is 2. The van der Waals surface area contributed by atoms with Crippen LogP contribution < -0.4 is 5.32 Å². The molecule has 2 N–H and O–H groups in total. The summed E-state index contributed by atoms with van der Waals surface area (Å²) >= 11 is 0. The van der Waals surface area contributed by atoms with Crippen LogP contribution in [0, 0.1) is 11.3 Å². The lowest BCUT2D eigenvalue weighted by Gasteiger charge is -2.24. The number of halogens is 2. The summed E-state index contributed by atoms with van der Waals surface area (Å²) in [5, 5.41) is 11.5. The van der Waals surface area contributed by atoms with Crippen LogP contribution in [0.2, 0.25) is 0 Å². The number of aliphatic carboxylic acids is 1. The number of amides is 1. The van der Waals surface area contributed by atoms with Crippen molar-refractivity contribution in [3.05, 3.63) is 0 Å². The van der Waals surface area contributed by atoms with E-state index in [0.29, 0.717) is 6.42 Å². The third kappa shape index (κ3) is 3.40. The molecule has 1 rings (SSSR count). The van der Waals surface area contributed by atoms with Gasteiger partial charge in [-0.25, -0.2) is 8.78 Å². The summed E-state index contributed by atoms with van der Waals surface area (Å²) in [6.45, 7) is 3.21. The lowest BCUT2D eigenvalue weighted by Crippen LogP contribution is -2.42. The van der Waals surface area contributed by atoms with Gasteiger partial charge >= 0.3 is 5.97 Å². The molecule has 0 saturated heterocycles. The van der Waals surface area contributed by atoms with Gasteiger partial charge in [0.25, 0.3) is 0 Å². The standard InChI is InChI=1S/C12H19F2NO3/c1-3-11(2,10(17)18)7-15-9(16)8-4-5-12(13,14)6-8/h8H,3-7H2,1-2H3,(H,15,16)(H,17,18). The molecule has 0 spiro atoms. The highest BCUT2D eigenvalue weighted by Gasteiger charge is 2.43. The number of carboxylic acid groups (broad SMARTS) is 1. The molecule has 0 radical (unpaired) electrons. The number of hydrogen-bond donors (Lipinski definition) is 2. The molecular formula is C12H19F2NO3. The quantitative estimate of drug-likeness (QED) is 0.797. The van der Waals surface area contributed by atoms with Gasteiger partial charge < -0.3 is 10.4 Å². The van der Waals surface area contributed by atoms with Crippen LogP contribution in [0.5, 0.6) is 0 Å². The highest BCUT2D eigenvalue weighted by molar-refractivity contribution is 5.80. The van der Waals surface area contributed by atoms with Crippen molar-refractivity contribution in [3.63, 3.8) is 0 Å². The van der Waals surface area contributed by atoms with E-state index in [-0.39, 0.29) is 19.4 Å². The Kier molecular flexibility index (Phi) is 4.29. The normalized spacial score (nSPS) is 25.4. The van der Waals surface area contributed by atoms with Crippen LogP contribution in [0.3, 0.4) is 0 Å². The van der Waals surface area contributed by atoms with E-state index >= 15 is 0 Å². The Morgan fingerprint density at radius 1 is 1.50 bits per heavy atom. The van der Waals surface area contributed by atoms with Gasteiger partial charge in [0.15, 0.2) is 0 Å². The number of carbonyl (C=O) groups excluding carboxylic acids is 1. The smallest absolute Gasteiger partial charge is 0.311 e. The van der Waals surface area contributed by atoms with Gasteiger partial charge in [0.1, 0.15) is 0 Å². The molecule has 1 aliphatic rings. The summed E-state index contributed by atoms with van der Waals surface area (Å²) in [6, 6.07) is 0. The minimum absolute atomic E-state index is 0.0280. The zero-order chi connectivity index (χ0) is 14.0. The summed E-state index contributed by atoms with van der Waals surface area (Å²) in [6.07, 6.45) is -0.179. The molecule has 1 saturated carbocycles. The van der Waals surface area contributed by atoms with Gasteiger partial charge in [0, 0.05) is 25.3 Å². The molecule has 0 aliphatic heterocycles. The van der Waals surface area contributed by atoms with E-state index in [4.69, 9.17) is 5.11 Å². The Balaban J connectivity index is 2.49. The van der Waals surface area contributed by atoms with E-state index in [9.17, 15) is 18.4 Å². The molecule has 1 fully saturated rings. The summed E-state index contributed by atoms with van der Waals surface area (Å²) in [7, 11) is 0. The van der Waals surface area contributed by atoms with Crippen LogP contribution in [0.25, 0.3) is 0 Å². The minimum atomic E-state index is -2.76. The van der Waals surface area contributed by atoms with Gasteiger partial charge in [-0.05, 0) is 19.8 Å². The molecule has 2 unspecified atom stereocenters. The van der Waals surface area contributed by atoms with E-state index in [1.807, 2.05) is 0 Å². The third-order valence-electron chi connectivity index (χ3n) is 3.72. The first kappa shape index (κ1) is 14.9. The molecule has 18 heavy (non-hydrogen) atoms. The fraction of sp³-hybridized carbons (Fsp3) is 0.833. The molecule has 1 aliphatic carbocycles. The van der Waals surface area contributed by atoms with E-state index in [0.717, 1.165) is 0 Å². The van der Waals surface area contributed by atoms with Gasteiger partial charge in [-0.1, -0.05) is 6.92 Å². The molecule has 4 nitrogen and oxygen atoms in total. The lowest BCUT2D eigenvalue weighted by atomic mass is 9.87. The third-order valence-corrected chi connectivity index (χ3v) is 3.72. The molecule has 0 aromatic rings. The van der Waals surface area contributed by atoms with Crippen LogP contribution in [0.4, 0.5) is 8.78 Å². The minimum Gasteiger partial charge on any atom is -0.481 e. The Labute approximate surface area is 105 Å². The summed E-state index contributed by atoms with van der Waals surface area (Å²) in [5.41, 5.74) is -1.04. The summed E-state index contributed by atoms with van der Waals surface area (Å²) < 4.78 is 25.9. The first-order valence-electron chi connectivity index (χ1n) is 6.09. The van der Waals surface area contributed by atoms with Crippen molar-refractivity contribution in [3.8, 4) is 0 Å². The van der Waals surface area contributed by atoms with Gasteiger partial charge in [0.05, 0.1) is 5.41 Å². The zero-order valence-electron chi connectivity index (χ0n) is 10.6. The molecule has 104 valence electrons. The maximum absolute atomic E-state index is 12.9. The van der Waals surface area contributed by atoms with Crippen molar-refractivity contribution in [1.82, 2.24) is 5.32 Å². The van der Waals surface area contributed by atoms with Crippen molar-refractivity contribution in [1.29, 1.82) is 0 Å². The summed E-state index contributed by atoms with van der Waals surface area (Å²) in [5.74, 6) is -4.92. The molecule has 0 aromatic heterocycles. The van der Waals surface area contributed by atoms with Gasteiger partial charge in [0.2, 0.25) is 11.8 Å². The zero-order valence-corrected chi connectivity index (χ0v) is 10.6. The van der Waals surface area contributed by atoms with Crippen molar-refractivity contribution in [2.24, 2.45) is 11.3 Å². The first-order valence-corrected chi connectivity index (χ1v) is 6.09. The molecule has 0 bridgehead atoms. The van der Waals surface area contributed by atoms with Crippen molar-refractivity contribution in [2.45, 2.75) is 45.5 Å². The van der Waals surface area contributed by atoms with Crippen molar-refractivity contribution in [2.75, 3.05) is 6.54 Å². The van der Waals surface area contributed by atoms with E-state index < -0.39 is 35.6 Å². The van der Waals surface area contributed by atoms with Crippen LogP contribution in [-0.4, -0.2) is 29.5 Å². The number of nitrogens with one attached hydrogen (secondary N) is 1. The molecule has 1 amide bonds. The Bertz CT molecular complexity index is 346. The van der Waals surface area contributed by atoms with Crippen LogP contribution in [-0.2, 0) is 9.59 Å². The second-order valence-electron chi connectivity index (χ2n) is 5.23. The maximum atomic E-state index is 12.9. The highest BCUT2D eigenvalue weighted by atomic mass is 19.3. The molecular weight excluding hydrogens is 244 g/mol. The van der Waals surface area contributed by atoms with Crippen LogP contribution >= 0.6 is 0 Å². The van der Waals surface area contributed by atoms with Gasteiger partial charge in [-0.3, -0.25) is 9.59 Å². The van der Waals surface area contributed by atoms with E-state index in [2.05, 4.69) is 5.32 Å². The first-order chi connectivity index (χ1) is 8.20. The van der Waals surface area contributed by atoms with Gasteiger partial charge in [-0.15, -0.1) is 0 Å². The second kappa shape index (κ2) is 5.20. The predicted octanol–water partition coefficient (Wildman–Crippen LogP) is 2.04. The molecule has 0 aromatic carbocycles. The second-order valence-corrected chi connectivity index (χ2v) is 5.23. The van der Waals surface area contributed by atoms with E-state index in [1.54, 1.807) is 6.92 Å². The molecule has 6 heteroatoms. The van der Waals surface area contributed by atoms with E-state index in [1.165, 1.54) is 6.92 Å². The molecule has 0 heterocycles. The number of hydrogen-bond acceptors (Lipinski definition) is 2. The lowest BCUT2D eigenvalue weighted by molar-refractivity contribution is -0.148. The number of rotatable bonds is 5. The fourth-order valence-electron chi connectivity index (χ4n) is 1.95. The summed E-state index contributed by atoms with van der Waals surface area (Å²) in [4.78, 5) is 22.7. The SMILES string of the molecule is CCC(C)(CNC(=O)C1CCC(F)(F)C1)C(=O)O. The topological polar surface area (TPSA) is 66.4 Å². The Hall–Kier alpha value is -1.20. The Morgan fingerprint density at radius 2 is 2.11 bits per heavy atom. The van der Waals surface area contributed by atoms with Crippen LogP contribution in [0.1, 0.15) is 39.5 Å². The Morgan fingerprint density at radius 3 is 2.50 bits per heavy atom. The van der Waals surface area contributed by atoms with Gasteiger partial charge in [-0.2, -0.15) is 0 Å². The average molecular weight is 263 g/mol. The largest absolute Gasteiger partial charge is 0.481 e. The maximum Gasteiger partial charge on any atom is 0.311 e. The fourth-order valence-corrected chi connectivity index (χ4v) is 1.95. The van der Waals surface area contributed by atoms with Crippen LogP contribution in [0.15, 0.2) is 0 Å². The number of carboxylic acids is 1. The number of carbonyl (C=O) groups is 2.